The second-order valence-corrected chi connectivity index (χ2v) is 9.02. The van der Waals surface area contributed by atoms with Crippen LogP contribution >= 0.6 is 12.2 Å². The first-order valence-corrected chi connectivity index (χ1v) is 11.9. The van der Waals surface area contributed by atoms with E-state index in [0.717, 1.165) is 38.2 Å². The number of carbonyl (C=O) groups is 1. The van der Waals surface area contributed by atoms with E-state index in [0.29, 0.717) is 35.1 Å². The van der Waals surface area contributed by atoms with Gasteiger partial charge in [-0.1, -0.05) is 19.9 Å². The average Bonchev–Trinajstić information content (AvgIpc) is 3.15. The van der Waals surface area contributed by atoms with Gasteiger partial charge in [-0.15, -0.1) is 0 Å². The monoisotopic (exact) mass is 482 g/mol. The van der Waals surface area contributed by atoms with Gasteiger partial charge in [-0.3, -0.25) is 9.88 Å². The zero-order chi connectivity index (χ0) is 24.1. The number of aromatic hydroxyl groups is 1. The molecule has 1 fully saturated rings. The minimum Gasteiger partial charge on any atom is -0.493 e. The summed E-state index contributed by atoms with van der Waals surface area (Å²) in [6, 6.07) is 9.30. The van der Waals surface area contributed by atoms with Gasteiger partial charge in [0.2, 0.25) is 5.88 Å². The van der Waals surface area contributed by atoms with Crippen LogP contribution in [0.3, 0.4) is 0 Å². The number of aryl methyl sites for hydroxylation is 1. The fourth-order valence-corrected chi connectivity index (χ4v) is 4.26. The molecule has 0 spiro atoms. The molecular weight excluding hydrogens is 452 g/mol. The maximum Gasteiger partial charge on any atom is 0.415 e. The third-order valence-electron chi connectivity index (χ3n) is 5.89. The maximum atomic E-state index is 12.6. The number of piperazine rings is 1. The fraction of sp³-hybridized carbons (Fsp3) is 0.417. The van der Waals surface area contributed by atoms with Gasteiger partial charge < -0.3 is 19.7 Å². The molecule has 0 radical (unpaired) electrons. The molecule has 180 valence electrons. The van der Waals surface area contributed by atoms with E-state index in [9.17, 15) is 9.90 Å². The Labute approximate surface area is 204 Å². The van der Waals surface area contributed by atoms with Crippen molar-refractivity contribution in [1.82, 2.24) is 29.3 Å². The largest absolute Gasteiger partial charge is 0.493 e. The molecule has 2 N–H and O–H groups in total. The number of nitrogens with one attached hydrogen (secondary N) is 1. The van der Waals surface area contributed by atoms with Gasteiger partial charge in [0.05, 0.1) is 11.9 Å². The van der Waals surface area contributed by atoms with Crippen LogP contribution in [0.1, 0.15) is 37.6 Å². The second kappa shape index (κ2) is 10.8. The summed E-state index contributed by atoms with van der Waals surface area (Å²) in [6.07, 6.45) is 4.90. The topological polar surface area (TPSA) is 99.5 Å². The predicted octanol–water partition coefficient (Wildman–Crippen LogP) is 3.90. The summed E-state index contributed by atoms with van der Waals surface area (Å²) in [4.78, 5) is 28.4. The van der Waals surface area contributed by atoms with Crippen LogP contribution < -0.4 is 4.74 Å². The van der Waals surface area contributed by atoms with Crippen molar-refractivity contribution < 1.29 is 14.6 Å². The number of hydrogen-bond acceptors (Lipinski definition) is 7. The van der Waals surface area contributed by atoms with Crippen molar-refractivity contribution in [3.05, 3.63) is 58.9 Å². The molecule has 0 aliphatic carbocycles. The molecule has 34 heavy (non-hydrogen) atoms. The van der Waals surface area contributed by atoms with Crippen molar-refractivity contribution in [1.29, 1.82) is 0 Å². The normalized spacial score (nSPS) is 14.5. The van der Waals surface area contributed by atoms with Gasteiger partial charge in [-0.25, -0.2) is 14.3 Å². The summed E-state index contributed by atoms with van der Waals surface area (Å²) in [6.45, 7) is 7.79. The standard InChI is InChI=1S/C24H30N6O3S/c1-17(2)21-22(31)30(23(34)27-21)20-9-8-19(16-26-20)33-24(32)29-14-12-28(13-15-29)11-5-7-18-6-3-4-10-25-18/h3-4,6,8-10,16-17,31H,5,7,11-15H2,1-2H3,(H,27,34). The number of carbonyl (C=O) groups excluding carboxylic acids is 1. The summed E-state index contributed by atoms with van der Waals surface area (Å²) in [5, 5.41) is 10.5. The number of imidazole rings is 1. The van der Waals surface area contributed by atoms with Crippen LogP contribution in [0.25, 0.3) is 5.82 Å². The summed E-state index contributed by atoms with van der Waals surface area (Å²) in [7, 11) is 0. The highest BCUT2D eigenvalue weighted by molar-refractivity contribution is 7.71. The molecule has 1 saturated heterocycles. The van der Waals surface area contributed by atoms with E-state index in [1.807, 2.05) is 38.2 Å². The molecule has 1 amide bonds. The molecule has 0 aromatic carbocycles. The van der Waals surface area contributed by atoms with E-state index in [1.165, 1.54) is 10.8 Å². The van der Waals surface area contributed by atoms with Crippen LogP contribution in [0.2, 0.25) is 0 Å². The van der Waals surface area contributed by atoms with Crippen LogP contribution in [0.15, 0.2) is 42.7 Å². The first kappa shape index (κ1) is 23.9. The number of aromatic nitrogens is 4. The van der Waals surface area contributed by atoms with Crippen molar-refractivity contribution in [2.45, 2.75) is 32.6 Å². The zero-order valence-electron chi connectivity index (χ0n) is 19.5. The van der Waals surface area contributed by atoms with Crippen molar-refractivity contribution in [3.63, 3.8) is 0 Å². The molecule has 0 saturated carbocycles. The maximum absolute atomic E-state index is 12.6. The Kier molecular flexibility index (Phi) is 7.59. The van der Waals surface area contributed by atoms with Gasteiger partial charge in [0.15, 0.2) is 10.5 Å². The van der Waals surface area contributed by atoms with Crippen molar-refractivity contribution in [3.8, 4) is 17.4 Å². The Morgan fingerprint density at radius 2 is 1.97 bits per heavy atom. The van der Waals surface area contributed by atoms with Crippen LogP contribution in [0, 0.1) is 4.77 Å². The first-order chi connectivity index (χ1) is 16.4. The molecule has 9 nitrogen and oxygen atoms in total. The van der Waals surface area contributed by atoms with Crippen LogP contribution in [-0.2, 0) is 6.42 Å². The Balaban J connectivity index is 1.26. The zero-order valence-corrected chi connectivity index (χ0v) is 20.3. The van der Waals surface area contributed by atoms with Gasteiger partial charge in [0.1, 0.15) is 5.82 Å². The highest BCUT2D eigenvalue weighted by atomic mass is 32.1. The molecule has 4 heterocycles. The van der Waals surface area contributed by atoms with Crippen LogP contribution in [0.4, 0.5) is 4.79 Å². The van der Waals surface area contributed by atoms with Gasteiger partial charge in [-0.05, 0) is 61.8 Å². The SMILES string of the molecule is CC(C)c1[nH]c(=S)n(-c2ccc(OC(=O)N3CCN(CCCc4ccccn4)CC3)cn2)c1O. The molecule has 3 aromatic rings. The third kappa shape index (κ3) is 5.63. The lowest BCUT2D eigenvalue weighted by molar-refractivity contribution is 0.110. The van der Waals surface area contributed by atoms with E-state index < -0.39 is 0 Å². The lowest BCUT2D eigenvalue weighted by Gasteiger charge is -2.33. The fourth-order valence-electron chi connectivity index (χ4n) is 3.97. The number of nitrogens with zero attached hydrogens (tertiary/aromatic N) is 5. The van der Waals surface area contributed by atoms with Gasteiger partial charge in [0, 0.05) is 38.1 Å². The summed E-state index contributed by atoms with van der Waals surface area (Å²) < 4.78 is 7.33. The van der Waals surface area contributed by atoms with E-state index >= 15 is 0 Å². The molecule has 4 rings (SSSR count). The Hall–Kier alpha value is -3.24. The number of ether oxygens (including phenoxy) is 1. The number of aromatic amines is 1. The van der Waals surface area contributed by atoms with E-state index in [1.54, 1.807) is 17.0 Å². The number of rotatable bonds is 7. The molecule has 3 aromatic heterocycles. The Bertz CT molecular complexity index is 1150. The van der Waals surface area contributed by atoms with E-state index in [2.05, 4.69) is 19.9 Å². The molecule has 0 bridgehead atoms. The second-order valence-electron chi connectivity index (χ2n) is 8.63. The third-order valence-corrected chi connectivity index (χ3v) is 6.18. The Morgan fingerprint density at radius 3 is 2.59 bits per heavy atom. The molecule has 1 aliphatic rings. The van der Waals surface area contributed by atoms with Gasteiger partial charge >= 0.3 is 6.09 Å². The summed E-state index contributed by atoms with van der Waals surface area (Å²) in [5.41, 5.74) is 1.76. The number of H-pyrrole nitrogens is 1. The average molecular weight is 483 g/mol. The number of hydrogen-bond donors (Lipinski definition) is 2. The van der Waals surface area contributed by atoms with Crippen molar-refractivity contribution >= 4 is 18.3 Å². The van der Waals surface area contributed by atoms with Crippen LogP contribution in [-0.4, -0.2) is 73.2 Å². The smallest absolute Gasteiger partial charge is 0.415 e. The quantitative estimate of drug-likeness (QED) is 0.493. The van der Waals surface area contributed by atoms with Crippen LogP contribution in [0.5, 0.6) is 11.6 Å². The predicted molar refractivity (Wildman–Crippen MR) is 131 cm³/mol. The molecular formula is C24H30N6O3S. The molecule has 0 atom stereocenters. The minimum absolute atomic E-state index is 0.0372. The lowest BCUT2D eigenvalue weighted by atomic mass is 10.1. The molecule has 1 aliphatic heterocycles. The first-order valence-electron chi connectivity index (χ1n) is 11.5. The van der Waals surface area contributed by atoms with Gasteiger partial charge in [0.25, 0.3) is 0 Å². The highest BCUT2D eigenvalue weighted by Crippen LogP contribution is 2.27. The van der Waals surface area contributed by atoms with Crippen molar-refractivity contribution in [2.75, 3.05) is 32.7 Å². The number of amides is 1. The molecule has 0 unspecified atom stereocenters. The van der Waals surface area contributed by atoms with Crippen molar-refractivity contribution in [2.24, 2.45) is 0 Å². The van der Waals surface area contributed by atoms with E-state index in [4.69, 9.17) is 17.0 Å². The van der Waals surface area contributed by atoms with E-state index in [-0.39, 0.29) is 17.9 Å². The minimum atomic E-state index is -0.383. The van der Waals surface area contributed by atoms with Gasteiger partial charge in [-0.2, -0.15) is 0 Å². The summed E-state index contributed by atoms with van der Waals surface area (Å²) in [5.74, 6) is 0.918. The lowest BCUT2D eigenvalue weighted by Crippen LogP contribution is -2.49. The Morgan fingerprint density at radius 1 is 1.18 bits per heavy atom. The number of pyridine rings is 2. The highest BCUT2D eigenvalue weighted by Gasteiger charge is 2.23. The molecule has 10 heteroatoms. The summed E-state index contributed by atoms with van der Waals surface area (Å²) >= 11 is 5.32.